The lowest BCUT2D eigenvalue weighted by Gasteiger charge is -1.87. The van der Waals surface area contributed by atoms with E-state index in [2.05, 4.69) is 5.10 Å². The fourth-order valence-corrected chi connectivity index (χ4v) is 2.31. The molecule has 0 unspecified atom stereocenters. The van der Waals surface area contributed by atoms with Crippen LogP contribution in [0.25, 0.3) is 10.2 Å². The summed E-state index contributed by atoms with van der Waals surface area (Å²) in [6.07, 6.45) is 0. The van der Waals surface area contributed by atoms with Crippen molar-refractivity contribution in [1.82, 2.24) is 9.78 Å². The van der Waals surface area contributed by atoms with Crippen LogP contribution in [0.2, 0.25) is 0 Å². The summed E-state index contributed by atoms with van der Waals surface area (Å²) in [5, 5.41) is 12.8. The van der Waals surface area contributed by atoms with Gasteiger partial charge in [-0.3, -0.25) is 4.68 Å². The van der Waals surface area contributed by atoms with Gasteiger partial charge in [0.05, 0.1) is 10.2 Å². The summed E-state index contributed by atoms with van der Waals surface area (Å²) in [6, 6.07) is 1.94. The van der Waals surface area contributed by atoms with E-state index in [0.717, 1.165) is 15.1 Å². The van der Waals surface area contributed by atoms with Crippen LogP contribution in [-0.2, 0) is 7.05 Å². The summed E-state index contributed by atoms with van der Waals surface area (Å²) < 4.78 is 2.36. The van der Waals surface area contributed by atoms with Gasteiger partial charge in [0.25, 0.3) is 0 Å². The number of carbonyl (C=O) groups is 1. The number of nitrogens with zero attached hydrogens (tertiary/aromatic N) is 2. The summed E-state index contributed by atoms with van der Waals surface area (Å²) in [4.78, 5) is 11.9. The monoisotopic (exact) mass is 196 g/mol. The second-order valence-electron chi connectivity index (χ2n) is 2.85. The van der Waals surface area contributed by atoms with Gasteiger partial charge in [-0.25, -0.2) is 4.79 Å². The first-order chi connectivity index (χ1) is 6.09. The van der Waals surface area contributed by atoms with Gasteiger partial charge in [-0.15, -0.1) is 11.3 Å². The lowest BCUT2D eigenvalue weighted by Crippen LogP contribution is -1.99. The Bertz CT molecular complexity index is 484. The molecule has 5 heteroatoms. The maximum Gasteiger partial charge on any atom is 0.357 e. The second kappa shape index (κ2) is 2.56. The molecule has 0 spiro atoms. The van der Waals surface area contributed by atoms with Crippen molar-refractivity contribution in [3.8, 4) is 0 Å². The van der Waals surface area contributed by atoms with Crippen molar-refractivity contribution in [2.75, 3.05) is 0 Å². The van der Waals surface area contributed by atoms with Crippen molar-refractivity contribution in [1.29, 1.82) is 0 Å². The highest BCUT2D eigenvalue weighted by molar-refractivity contribution is 7.19. The molecule has 2 aromatic rings. The minimum absolute atomic E-state index is 0.149. The molecule has 2 aromatic heterocycles. The van der Waals surface area contributed by atoms with Crippen LogP contribution in [0.4, 0.5) is 0 Å². The highest BCUT2D eigenvalue weighted by Crippen LogP contribution is 2.27. The van der Waals surface area contributed by atoms with Crippen LogP contribution in [0.15, 0.2) is 6.07 Å². The molecule has 1 N–H and O–H groups in total. The molecule has 0 bridgehead atoms. The molecule has 0 aliphatic carbocycles. The van der Waals surface area contributed by atoms with Gasteiger partial charge in [-0.2, -0.15) is 5.10 Å². The molecule has 0 saturated heterocycles. The molecule has 0 aromatic carbocycles. The van der Waals surface area contributed by atoms with Crippen LogP contribution in [0.5, 0.6) is 0 Å². The molecule has 0 aliphatic heterocycles. The van der Waals surface area contributed by atoms with Crippen molar-refractivity contribution in [2.45, 2.75) is 6.92 Å². The van der Waals surface area contributed by atoms with E-state index in [0.29, 0.717) is 0 Å². The average Bonchev–Trinajstić information content (AvgIpc) is 2.51. The SMILES string of the molecule is Cc1cc2c(s1)c(C(=O)O)nn2C. The van der Waals surface area contributed by atoms with Gasteiger partial charge >= 0.3 is 5.97 Å². The first-order valence-electron chi connectivity index (χ1n) is 3.76. The Morgan fingerprint density at radius 2 is 2.38 bits per heavy atom. The number of fused-ring (bicyclic) bond motifs is 1. The second-order valence-corrected chi connectivity index (χ2v) is 4.11. The van der Waals surface area contributed by atoms with E-state index in [4.69, 9.17) is 5.11 Å². The lowest BCUT2D eigenvalue weighted by molar-refractivity contribution is 0.0692. The topological polar surface area (TPSA) is 55.1 Å². The molecule has 0 atom stereocenters. The molecule has 13 heavy (non-hydrogen) atoms. The summed E-state index contributed by atoms with van der Waals surface area (Å²) in [5.74, 6) is -0.965. The molecule has 0 fully saturated rings. The quantitative estimate of drug-likeness (QED) is 0.754. The Hall–Kier alpha value is -1.36. The first kappa shape index (κ1) is 8.25. The van der Waals surface area contributed by atoms with E-state index in [1.807, 2.05) is 13.0 Å². The summed E-state index contributed by atoms with van der Waals surface area (Å²) in [6.45, 7) is 1.95. The number of rotatable bonds is 1. The first-order valence-corrected chi connectivity index (χ1v) is 4.57. The van der Waals surface area contributed by atoms with Crippen LogP contribution < -0.4 is 0 Å². The minimum Gasteiger partial charge on any atom is -0.476 e. The van der Waals surface area contributed by atoms with E-state index in [1.54, 1.807) is 11.7 Å². The highest BCUT2D eigenvalue weighted by Gasteiger charge is 2.16. The third-order valence-electron chi connectivity index (χ3n) is 1.85. The molecular weight excluding hydrogens is 188 g/mol. The van der Waals surface area contributed by atoms with Gasteiger partial charge in [-0.05, 0) is 13.0 Å². The van der Waals surface area contributed by atoms with E-state index >= 15 is 0 Å². The number of carboxylic acid groups (broad SMARTS) is 1. The smallest absolute Gasteiger partial charge is 0.357 e. The van der Waals surface area contributed by atoms with Crippen LogP contribution in [-0.4, -0.2) is 20.9 Å². The van der Waals surface area contributed by atoms with Crippen molar-refractivity contribution in [3.63, 3.8) is 0 Å². The molecule has 4 nitrogen and oxygen atoms in total. The van der Waals surface area contributed by atoms with Crippen molar-refractivity contribution >= 4 is 27.5 Å². The van der Waals surface area contributed by atoms with Gasteiger partial charge in [0, 0.05) is 11.9 Å². The van der Waals surface area contributed by atoms with Gasteiger partial charge in [0.2, 0.25) is 0 Å². The Kier molecular flexibility index (Phi) is 1.63. The average molecular weight is 196 g/mol. The third-order valence-corrected chi connectivity index (χ3v) is 2.90. The lowest BCUT2D eigenvalue weighted by atomic mass is 10.4. The van der Waals surface area contributed by atoms with Crippen molar-refractivity contribution in [3.05, 3.63) is 16.6 Å². The zero-order chi connectivity index (χ0) is 9.59. The Morgan fingerprint density at radius 3 is 3.00 bits per heavy atom. The third kappa shape index (κ3) is 1.12. The van der Waals surface area contributed by atoms with E-state index in [-0.39, 0.29) is 5.69 Å². The van der Waals surface area contributed by atoms with E-state index in [9.17, 15) is 4.79 Å². The summed E-state index contributed by atoms with van der Waals surface area (Å²) in [7, 11) is 1.75. The van der Waals surface area contributed by atoms with Gasteiger partial charge < -0.3 is 5.11 Å². The normalized spacial score (nSPS) is 10.9. The maximum absolute atomic E-state index is 10.8. The Balaban J connectivity index is 2.83. The largest absolute Gasteiger partial charge is 0.476 e. The number of aromatic carboxylic acids is 1. The minimum atomic E-state index is -0.965. The molecule has 0 aliphatic rings. The van der Waals surface area contributed by atoms with Crippen LogP contribution in [0.3, 0.4) is 0 Å². The number of aryl methyl sites for hydroxylation is 2. The zero-order valence-corrected chi connectivity index (χ0v) is 8.05. The standard InChI is InChI=1S/C8H8N2O2S/c1-4-3-5-7(13-4)6(8(11)12)9-10(5)2/h3H,1-2H3,(H,11,12). The van der Waals surface area contributed by atoms with Crippen molar-refractivity contribution in [2.24, 2.45) is 7.05 Å². The van der Waals surface area contributed by atoms with Crippen molar-refractivity contribution < 1.29 is 9.90 Å². The number of thiophene rings is 1. The van der Waals surface area contributed by atoms with Gasteiger partial charge in [0.15, 0.2) is 5.69 Å². The van der Waals surface area contributed by atoms with Gasteiger partial charge in [0.1, 0.15) is 0 Å². The molecule has 0 radical (unpaired) electrons. The Morgan fingerprint density at radius 1 is 1.69 bits per heavy atom. The maximum atomic E-state index is 10.8. The summed E-state index contributed by atoms with van der Waals surface area (Å²) >= 11 is 1.46. The molecular formula is C8H8N2O2S. The molecule has 2 heterocycles. The fraction of sp³-hybridized carbons (Fsp3) is 0.250. The predicted molar refractivity (Wildman–Crippen MR) is 50.3 cm³/mol. The molecule has 68 valence electrons. The predicted octanol–water partition coefficient (Wildman–Crippen LogP) is 1.64. The molecule has 2 rings (SSSR count). The van der Waals surface area contributed by atoms with E-state index < -0.39 is 5.97 Å². The Labute approximate surface area is 78.4 Å². The number of hydrogen-bond acceptors (Lipinski definition) is 3. The van der Waals surface area contributed by atoms with Gasteiger partial charge in [-0.1, -0.05) is 0 Å². The number of hydrogen-bond donors (Lipinski definition) is 1. The zero-order valence-electron chi connectivity index (χ0n) is 7.24. The van der Waals surface area contributed by atoms with Crippen LogP contribution >= 0.6 is 11.3 Å². The molecule has 0 amide bonds. The fourth-order valence-electron chi connectivity index (χ4n) is 1.30. The van der Waals surface area contributed by atoms with Crippen LogP contribution in [0.1, 0.15) is 15.4 Å². The van der Waals surface area contributed by atoms with E-state index in [1.165, 1.54) is 11.3 Å². The van der Waals surface area contributed by atoms with Crippen LogP contribution in [0, 0.1) is 6.92 Å². The number of aromatic nitrogens is 2. The number of carboxylic acids is 1. The summed E-state index contributed by atoms with van der Waals surface area (Å²) in [5.41, 5.74) is 1.04. The highest BCUT2D eigenvalue weighted by atomic mass is 32.1. The molecule has 0 saturated carbocycles.